The van der Waals surface area contributed by atoms with Crippen molar-refractivity contribution >= 4 is 0 Å². The Morgan fingerprint density at radius 1 is 1.75 bits per heavy atom. The normalized spacial score (nSPS) is 9.75. The minimum atomic E-state index is 0.635. The molecular formula is C5H10N2O. The summed E-state index contributed by atoms with van der Waals surface area (Å²) >= 11 is 0. The van der Waals surface area contributed by atoms with Crippen LogP contribution in [0.3, 0.4) is 0 Å². The molecule has 0 radical (unpaired) electrons. The Hall–Kier alpha value is -0.860. The Morgan fingerprint density at radius 2 is 2.38 bits per heavy atom. The van der Waals surface area contributed by atoms with E-state index in [1.165, 1.54) is 0 Å². The molecule has 0 aliphatic rings. The summed E-state index contributed by atoms with van der Waals surface area (Å²) < 4.78 is 0. The van der Waals surface area contributed by atoms with Gasteiger partial charge in [-0.15, -0.1) is 0 Å². The molecule has 3 heteroatoms. The van der Waals surface area contributed by atoms with Gasteiger partial charge in [0.05, 0.1) is 7.05 Å². The smallest absolute Gasteiger partial charge is 0.129 e. The molecule has 0 aliphatic heterocycles. The lowest BCUT2D eigenvalue weighted by Gasteiger charge is -1.92. The average molecular weight is 114 g/mol. The zero-order valence-corrected chi connectivity index (χ0v) is 5.22. The number of hydrogen-bond donors (Lipinski definition) is 0. The quantitative estimate of drug-likeness (QED) is 0.313. The van der Waals surface area contributed by atoms with Crippen LogP contribution < -0.4 is 0 Å². The third-order valence-corrected chi connectivity index (χ3v) is 0.646. The molecular weight excluding hydrogens is 104 g/mol. The second-order valence-corrected chi connectivity index (χ2v) is 1.27. The molecule has 0 heterocycles. The van der Waals surface area contributed by atoms with E-state index in [1.54, 1.807) is 7.05 Å². The van der Waals surface area contributed by atoms with E-state index in [0.717, 1.165) is 6.42 Å². The monoisotopic (exact) mass is 114 g/mol. The lowest BCUT2D eigenvalue weighted by molar-refractivity contribution is 0.196. The predicted octanol–water partition coefficient (Wildman–Crippen LogP) is 1.92. The summed E-state index contributed by atoms with van der Waals surface area (Å²) in [6, 6.07) is 0. The third-order valence-electron chi connectivity index (χ3n) is 0.646. The summed E-state index contributed by atoms with van der Waals surface area (Å²) in [5, 5.41) is 6.63. The molecule has 46 valence electrons. The van der Waals surface area contributed by atoms with Crippen LogP contribution in [0.15, 0.2) is 22.7 Å². The molecule has 0 aliphatic carbocycles. The topological polar surface area (TPSA) is 34.0 Å². The number of allylic oxidation sites excluding steroid dienone is 1. The van der Waals surface area contributed by atoms with E-state index in [4.69, 9.17) is 0 Å². The van der Waals surface area contributed by atoms with E-state index in [9.17, 15) is 0 Å². The highest BCUT2D eigenvalue weighted by Crippen LogP contribution is 1.97. The van der Waals surface area contributed by atoms with Crippen LogP contribution in [0, 0.1) is 0 Å². The largest absolute Gasteiger partial charge is 0.345 e. The molecule has 0 unspecified atom stereocenters. The standard InChI is InChI=1S/C5H10N2O/c1-4-5(2)8-7-6-3/h2,4H2,1,3H3. The minimum Gasteiger partial charge on any atom is -0.345 e. The van der Waals surface area contributed by atoms with Crippen LogP contribution in [0.5, 0.6) is 0 Å². The molecule has 0 saturated heterocycles. The molecule has 0 aromatic rings. The highest BCUT2D eigenvalue weighted by Gasteiger charge is 1.84. The Morgan fingerprint density at radius 3 is 2.75 bits per heavy atom. The van der Waals surface area contributed by atoms with Crippen LogP contribution >= 0.6 is 0 Å². The van der Waals surface area contributed by atoms with E-state index >= 15 is 0 Å². The average Bonchev–Trinajstić information content (AvgIpc) is 1.83. The maximum absolute atomic E-state index is 4.60. The summed E-state index contributed by atoms with van der Waals surface area (Å²) in [7, 11) is 1.54. The summed E-state index contributed by atoms with van der Waals surface area (Å²) in [5.74, 6) is 0.635. The first-order valence-corrected chi connectivity index (χ1v) is 2.45. The maximum Gasteiger partial charge on any atom is 0.129 e. The number of rotatable bonds is 3. The first-order chi connectivity index (χ1) is 3.81. The van der Waals surface area contributed by atoms with Gasteiger partial charge in [-0.2, -0.15) is 5.11 Å². The van der Waals surface area contributed by atoms with Crippen LogP contribution in [-0.2, 0) is 4.84 Å². The third kappa shape index (κ3) is 3.33. The second-order valence-electron chi connectivity index (χ2n) is 1.27. The van der Waals surface area contributed by atoms with Gasteiger partial charge in [0.2, 0.25) is 0 Å². The van der Waals surface area contributed by atoms with Crippen LogP contribution in [-0.4, -0.2) is 7.05 Å². The SMILES string of the molecule is C=C(CC)ON=NC. The van der Waals surface area contributed by atoms with E-state index in [-0.39, 0.29) is 0 Å². The van der Waals surface area contributed by atoms with Gasteiger partial charge in [0, 0.05) is 11.7 Å². The number of nitrogens with zero attached hydrogens (tertiary/aromatic N) is 2. The highest BCUT2D eigenvalue weighted by molar-refractivity contribution is 4.77. The Bertz CT molecular complexity index is 98.6. The molecule has 8 heavy (non-hydrogen) atoms. The molecule has 0 aromatic heterocycles. The lowest BCUT2D eigenvalue weighted by Crippen LogP contribution is -1.77. The molecule has 3 nitrogen and oxygen atoms in total. The summed E-state index contributed by atoms with van der Waals surface area (Å²) in [4.78, 5) is 4.60. The van der Waals surface area contributed by atoms with Gasteiger partial charge < -0.3 is 4.84 Å². The fraction of sp³-hybridized carbons (Fsp3) is 0.600. The van der Waals surface area contributed by atoms with E-state index in [1.807, 2.05) is 6.92 Å². The van der Waals surface area contributed by atoms with Crippen LogP contribution in [0.2, 0.25) is 0 Å². The Kier molecular flexibility index (Phi) is 3.84. The van der Waals surface area contributed by atoms with E-state index in [0.29, 0.717) is 5.76 Å². The molecule has 0 saturated carbocycles. The molecule has 0 spiro atoms. The van der Waals surface area contributed by atoms with Crippen LogP contribution in [0.1, 0.15) is 13.3 Å². The highest BCUT2D eigenvalue weighted by atomic mass is 16.6. The van der Waals surface area contributed by atoms with Crippen molar-refractivity contribution in [2.24, 2.45) is 10.4 Å². The zero-order chi connectivity index (χ0) is 6.41. The Balaban J connectivity index is 3.25. The molecule has 0 amide bonds. The van der Waals surface area contributed by atoms with Crippen LogP contribution in [0.4, 0.5) is 0 Å². The van der Waals surface area contributed by atoms with Crippen molar-refractivity contribution in [1.29, 1.82) is 0 Å². The van der Waals surface area contributed by atoms with Crippen molar-refractivity contribution in [3.05, 3.63) is 12.3 Å². The zero-order valence-electron chi connectivity index (χ0n) is 5.22. The van der Waals surface area contributed by atoms with E-state index < -0.39 is 0 Å². The summed E-state index contributed by atoms with van der Waals surface area (Å²) in [6.07, 6.45) is 0.777. The fourth-order valence-electron chi connectivity index (χ4n) is 0.163. The van der Waals surface area contributed by atoms with Gasteiger partial charge in [0.25, 0.3) is 0 Å². The fourth-order valence-corrected chi connectivity index (χ4v) is 0.163. The second kappa shape index (κ2) is 4.30. The lowest BCUT2D eigenvalue weighted by atomic mass is 10.4. The number of hydrogen-bond acceptors (Lipinski definition) is 3. The van der Waals surface area contributed by atoms with Gasteiger partial charge in [-0.1, -0.05) is 13.5 Å². The van der Waals surface area contributed by atoms with Gasteiger partial charge in [-0.05, 0) is 0 Å². The molecule has 0 rings (SSSR count). The molecule has 0 bridgehead atoms. The maximum atomic E-state index is 4.60. The van der Waals surface area contributed by atoms with E-state index in [2.05, 4.69) is 21.8 Å². The van der Waals surface area contributed by atoms with Crippen molar-refractivity contribution < 1.29 is 4.84 Å². The summed E-state index contributed by atoms with van der Waals surface area (Å²) in [5.41, 5.74) is 0. The van der Waals surface area contributed by atoms with Gasteiger partial charge >= 0.3 is 0 Å². The van der Waals surface area contributed by atoms with Crippen molar-refractivity contribution in [3.63, 3.8) is 0 Å². The van der Waals surface area contributed by atoms with Crippen molar-refractivity contribution in [1.82, 2.24) is 0 Å². The Labute approximate surface area is 49.0 Å². The minimum absolute atomic E-state index is 0.635. The van der Waals surface area contributed by atoms with Crippen molar-refractivity contribution in [2.45, 2.75) is 13.3 Å². The molecule has 0 N–H and O–H groups in total. The predicted molar refractivity (Wildman–Crippen MR) is 31.3 cm³/mol. The molecule has 0 fully saturated rings. The van der Waals surface area contributed by atoms with Crippen LogP contribution in [0.25, 0.3) is 0 Å². The molecule has 0 aromatic carbocycles. The molecule has 0 atom stereocenters. The first kappa shape index (κ1) is 7.14. The first-order valence-electron chi connectivity index (χ1n) is 2.45. The van der Waals surface area contributed by atoms with Gasteiger partial charge in [-0.3, -0.25) is 0 Å². The van der Waals surface area contributed by atoms with Crippen molar-refractivity contribution in [3.8, 4) is 0 Å². The summed E-state index contributed by atoms with van der Waals surface area (Å²) in [6.45, 7) is 5.47. The van der Waals surface area contributed by atoms with Gasteiger partial charge in [0.15, 0.2) is 0 Å². The van der Waals surface area contributed by atoms with Crippen molar-refractivity contribution in [2.75, 3.05) is 7.05 Å². The van der Waals surface area contributed by atoms with Gasteiger partial charge in [-0.25, -0.2) is 0 Å². The van der Waals surface area contributed by atoms with Gasteiger partial charge in [0.1, 0.15) is 5.76 Å².